The third-order valence-electron chi connectivity index (χ3n) is 8.74. The van der Waals surface area contributed by atoms with E-state index in [9.17, 15) is 29.7 Å². The Kier molecular flexibility index (Phi) is 6.73. The molecular formula is C25H39NO9. The van der Waals surface area contributed by atoms with Gasteiger partial charge in [0.15, 0.2) is 17.5 Å². The predicted octanol–water partition coefficient (Wildman–Crippen LogP) is 1.89. The zero-order valence-corrected chi connectivity index (χ0v) is 21.7. The van der Waals surface area contributed by atoms with Crippen molar-refractivity contribution >= 4 is 17.8 Å². The van der Waals surface area contributed by atoms with Crippen molar-refractivity contribution in [3.8, 4) is 0 Å². The van der Waals surface area contributed by atoms with E-state index < -0.39 is 69.7 Å². The van der Waals surface area contributed by atoms with E-state index in [1.165, 1.54) is 20.0 Å². The molecule has 1 saturated heterocycles. The van der Waals surface area contributed by atoms with Gasteiger partial charge in [-0.25, -0.2) is 9.59 Å². The second-order valence-electron chi connectivity index (χ2n) is 11.4. The van der Waals surface area contributed by atoms with Crippen LogP contribution in [-0.2, 0) is 23.9 Å². The Morgan fingerprint density at radius 3 is 2.37 bits per heavy atom. The van der Waals surface area contributed by atoms with E-state index in [4.69, 9.17) is 14.3 Å². The van der Waals surface area contributed by atoms with Gasteiger partial charge in [-0.2, -0.15) is 0 Å². The number of fused-ring (bicyclic) bond motifs is 3. The summed E-state index contributed by atoms with van der Waals surface area (Å²) in [6.07, 6.45) is -3.20. The van der Waals surface area contributed by atoms with E-state index in [0.717, 1.165) is 0 Å². The van der Waals surface area contributed by atoms with Gasteiger partial charge in [0, 0.05) is 24.2 Å². The summed E-state index contributed by atoms with van der Waals surface area (Å²) in [5, 5.41) is 35.9. The maximum Gasteiger partial charge on any atom is 0.443 e. The molecule has 0 bridgehead atoms. The summed E-state index contributed by atoms with van der Waals surface area (Å²) in [6.45, 7) is 13.7. The summed E-state index contributed by atoms with van der Waals surface area (Å²) in [7, 11) is 1.18. The van der Waals surface area contributed by atoms with Crippen molar-refractivity contribution in [2.45, 2.75) is 102 Å². The Morgan fingerprint density at radius 1 is 1.23 bits per heavy atom. The van der Waals surface area contributed by atoms with Crippen molar-refractivity contribution in [1.29, 1.82) is 0 Å². The minimum absolute atomic E-state index is 0.0168. The SMILES string of the molecule is C=C[C@@]1(C)CC(=O)[C@]2(O)[C@@]3(C)[C@@H](O)CCC(C)(C)[C@@H]3[C@H](O)[C@H](OC(=O)N(C)OC(=O)CC)[C@@]2(C)O1. The van der Waals surface area contributed by atoms with Crippen molar-refractivity contribution in [3.63, 3.8) is 0 Å². The molecule has 0 unspecified atom stereocenters. The summed E-state index contributed by atoms with van der Waals surface area (Å²) in [6, 6.07) is 0. The molecule has 2 aliphatic carbocycles. The van der Waals surface area contributed by atoms with Gasteiger partial charge in [0.2, 0.25) is 0 Å². The smallest absolute Gasteiger partial charge is 0.438 e. The zero-order chi connectivity index (χ0) is 26.8. The minimum atomic E-state index is -2.33. The predicted molar refractivity (Wildman–Crippen MR) is 124 cm³/mol. The van der Waals surface area contributed by atoms with Gasteiger partial charge in [0.1, 0.15) is 5.60 Å². The van der Waals surface area contributed by atoms with Gasteiger partial charge in [-0.15, -0.1) is 11.6 Å². The van der Waals surface area contributed by atoms with Crippen molar-refractivity contribution in [2.75, 3.05) is 7.05 Å². The number of hydrogen-bond donors (Lipinski definition) is 3. The van der Waals surface area contributed by atoms with Crippen LogP contribution in [0, 0.1) is 16.7 Å². The maximum absolute atomic E-state index is 13.8. The number of rotatable bonds is 3. The van der Waals surface area contributed by atoms with E-state index in [1.807, 2.05) is 13.8 Å². The van der Waals surface area contributed by atoms with Gasteiger partial charge in [-0.3, -0.25) is 4.79 Å². The Labute approximate surface area is 206 Å². The molecule has 2 saturated carbocycles. The first-order valence-corrected chi connectivity index (χ1v) is 12.1. The fourth-order valence-corrected chi connectivity index (χ4v) is 6.92. The third-order valence-corrected chi connectivity index (χ3v) is 8.74. The highest BCUT2D eigenvalue weighted by atomic mass is 16.8. The van der Waals surface area contributed by atoms with E-state index >= 15 is 0 Å². The van der Waals surface area contributed by atoms with Crippen LogP contribution < -0.4 is 0 Å². The first kappa shape index (κ1) is 27.6. The van der Waals surface area contributed by atoms with Gasteiger partial charge in [-0.05, 0) is 32.1 Å². The zero-order valence-electron chi connectivity index (χ0n) is 21.7. The van der Waals surface area contributed by atoms with Crippen LogP contribution in [0.4, 0.5) is 4.79 Å². The summed E-state index contributed by atoms with van der Waals surface area (Å²) < 4.78 is 12.0. The number of hydroxylamine groups is 2. The quantitative estimate of drug-likeness (QED) is 0.393. The number of nitrogens with zero attached hydrogens (tertiary/aromatic N) is 1. The summed E-state index contributed by atoms with van der Waals surface area (Å²) in [4.78, 5) is 43.3. The Balaban J connectivity index is 2.19. The molecule has 0 aromatic heterocycles. The molecule has 10 nitrogen and oxygen atoms in total. The number of Topliss-reactive ketones (excluding diaryl/α,β-unsaturated/α-hetero) is 1. The lowest BCUT2D eigenvalue weighted by molar-refractivity contribution is -0.370. The molecule has 0 aromatic rings. The molecule has 3 N–H and O–H groups in total. The lowest BCUT2D eigenvalue weighted by Gasteiger charge is -2.71. The highest BCUT2D eigenvalue weighted by Crippen LogP contribution is 2.67. The number of ketones is 1. The molecule has 8 atom stereocenters. The summed E-state index contributed by atoms with van der Waals surface area (Å²) >= 11 is 0. The van der Waals surface area contributed by atoms with Crippen LogP contribution in [-0.4, -0.2) is 80.4 Å². The lowest BCUT2D eigenvalue weighted by atomic mass is 9.40. The molecule has 1 aliphatic heterocycles. The van der Waals surface area contributed by atoms with Crippen LogP contribution in [0.3, 0.4) is 0 Å². The van der Waals surface area contributed by atoms with E-state index in [-0.39, 0.29) is 12.8 Å². The fraction of sp³-hybridized carbons (Fsp3) is 0.800. The summed E-state index contributed by atoms with van der Waals surface area (Å²) in [5.41, 5.74) is -7.70. The van der Waals surface area contributed by atoms with E-state index in [2.05, 4.69) is 6.58 Å². The van der Waals surface area contributed by atoms with Gasteiger partial charge in [-0.1, -0.05) is 33.8 Å². The monoisotopic (exact) mass is 497 g/mol. The third kappa shape index (κ3) is 3.72. The second-order valence-corrected chi connectivity index (χ2v) is 11.4. The highest BCUT2D eigenvalue weighted by molar-refractivity contribution is 5.92. The minimum Gasteiger partial charge on any atom is -0.438 e. The van der Waals surface area contributed by atoms with Gasteiger partial charge < -0.3 is 29.6 Å². The van der Waals surface area contributed by atoms with Gasteiger partial charge >= 0.3 is 12.1 Å². The number of amides is 1. The fourth-order valence-electron chi connectivity index (χ4n) is 6.92. The maximum atomic E-state index is 13.8. The first-order valence-electron chi connectivity index (χ1n) is 12.1. The van der Waals surface area contributed by atoms with Crippen LogP contribution in [0.25, 0.3) is 0 Å². The van der Waals surface area contributed by atoms with Crippen molar-refractivity contribution in [3.05, 3.63) is 12.7 Å². The largest absolute Gasteiger partial charge is 0.443 e. The molecule has 3 rings (SSSR count). The van der Waals surface area contributed by atoms with Crippen molar-refractivity contribution < 1.29 is 44.0 Å². The van der Waals surface area contributed by atoms with Gasteiger partial charge in [0.25, 0.3) is 0 Å². The average molecular weight is 498 g/mol. The molecule has 0 spiro atoms. The van der Waals surface area contributed by atoms with Crippen LogP contribution in [0.15, 0.2) is 12.7 Å². The molecule has 1 amide bonds. The van der Waals surface area contributed by atoms with Crippen LogP contribution in [0.5, 0.6) is 0 Å². The molecule has 3 fully saturated rings. The number of aliphatic hydroxyl groups excluding tert-OH is 2. The van der Waals surface area contributed by atoms with E-state index in [0.29, 0.717) is 17.9 Å². The molecule has 0 aromatic carbocycles. The van der Waals surface area contributed by atoms with Crippen molar-refractivity contribution in [2.24, 2.45) is 16.7 Å². The number of aliphatic hydroxyl groups is 3. The Hall–Kier alpha value is -2.01. The van der Waals surface area contributed by atoms with E-state index in [1.54, 1.807) is 20.8 Å². The second kappa shape index (κ2) is 8.54. The Bertz CT molecular complexity index is 921. The Morgan fingerprint density at radius 2 is 1.83 bits per heavy atom. The van der Waals surface area contributed by atoms with Crippen molar-refractivity contribution in [1.82, 2.24) is 5.06 Å². The first-order chi connectivity index (χ1) is 15.9. The molecule has 10 heteroatoms. The lowest BCUT2D eigenvalue weighted by Crippen LogP contribution is -2.86. The highest BCUT2D eigenvalue weighted by Gasteiger charge is 2.81. The van der Waals surface area contributed by atoms with Gasteiger partial charge in [0.05, 0.1) is 24.9 Å². The number of ether oxygens (including phenoxy) is 2. The molecule has 35 heavy (non-hydrogen) atoms. The number of carbonyl (C=O) groups excluding carboxylic acids is 3. The topological polar surface area (TPSA) is 143 Å². The molecule has 198 valence electrons. The molecule has 0 radical (unpaired) electrons. The standard InChI is InChI=1S/C25H39NO9/c1-9-16(29)34-26(8)20(31)33-19-17(30)18-21(3,4)12-11-14(27)23(18,6)25(32)15(28)13-22(5,10-2)35-24(19,25)7/h10,14,17-19,27,30,32H,2,9,11-13H2,1,3-8H3/t14-,17-,18-,19-,22-,23-,24+,25-/m0/s1. The molecular weight excluding hydrogens is 458 g/mol. The number of hydrogen-bond acceptors (Lipinski definition) is 9. The number of carbonyl (C=O) groups is 3. The molecule has 1 heterocycles. The van der Waals surface area contributed by atoms with Crippen LogP contribution in [0.1, 0.15) is 67.2 Å². The summed E-state index contributed by atoms with van der Waals surface area (Å²) in [5.74, 6) is -2.13. The molecule has 3 aliphatic rings. The van der Waals surface area contributed by atoms with Crippen LogP contribution >= 0.6 is 0 Å². The van der Waals surface area contributed by atoms with Crippen LogP contribution in [0.2, 0.25) is 0 Å². The normalized spacial score (nSPS) is 44.5. The average Bonchev–Trinajstić information content (AvgIpc) is 2.76.